The van der Waals surface area contributed by atoms with E-state index in [0.29, 0.717) is 5.69 Å². The Kier molecular flexibility index (Phi) is 7.12. The Balaban J connectivity index is 2.07. The quantitative estimate of drug-likeness (QED) is 0.610. The van der Waals surface area contributed by atoms with E-state index < -0.39 is 64.1 Å². The van der Waals surface area contributed by atoms with E-state index in [2.05, 4.69) is 4.98 Å². The zero-order chi connectivity index (χ0) is 25.5. The fourth-order valence-electron chi connectivity index (χ4n) is 3.99. The van der Waals surface area contributed by atoms with Gasteiger partial charge < -0.3 is 10.0 Å². The Labute approximate surface area is 197 Å². The van der Waals surface area contributed by atoms with E-state index in [9.17, 15) is 18.3 Å². The minimum atomic E-state index is -4.08. The number of carbonyl (C=O) groups excluding carboxylic acids is 1. The standard InChI is InChI=1S/C23H28F3N3O4S/c1-5-34(32,33)28-20-18(29(13-23(20,25)26)21(30)22(3,4)31)12-15-7-6-8-16(19(15)24)17-11-14(2)9-10-27-17/h6-11,18,20,28,31H,5,12-13H2,1-4H3/t18-,20+/m0/s1. The largest absolute Gasteiger partial charge is 0.381 e. The molecule has 1 amide bonds. The summed E-state index contributed by atoms with van der Waals surface area (Å²) in [6.07, 6.45) is 1.12. The molecule has 3 rings (SSSR count). The molecule has 7 nitrogen and oxygen atoms in total. The number of rotatable bonds is 7. The fraction of sp³-hybridized carbons (Fsp3) is 0.478. The van der Waals surface area contributed by atoms with Crippen molar-refractivity contribution in [3.8, 4) is 11.3 Å². The van der Waals surface area contributed by atoms with Crippen LogP contribution in [0.1, 0.15) is 31.9 Å². The van der Waals surface area contributed by atoms with Crippen LogP contribution in [0.2, 0.25) is 0 Å². The zero-order valence-corrected chi connectivity index (χ0v) is 20.2. The first-order valence-electron chi connectivity index (χ1n) is 10.8. The van der Waals surface area contributed by atoms with Crippen molar-refractivity contribution in [1.82, 2.24) is 14.6 Å². The van der Waals surface area contributed by atoms with Crippen LogP contribution in [-0.4, -0.2) is 65.2 Å². The number of amides is 1. The lowest BCUT2D eigenvalue weighted by molar-refractivity contribution is -0.149. The molecule has 0 bridgehead atoms. The molecule has 2 atom stereocenters. The third-order valence-corrected chi connectivity index (χ3v) is 7.16. The summed E-state index contributed by atoms with van der Waals surface area (Å²) >= 11 is 0. The number of benzene rings is 1. The fourth-order valence-corrected chi connectivity index (χ4v) is 4.87. The van der Waals surface area contributed by atoms with Gasteiger partial charge in [-0.1, -0.05) is 12.1 Å². The van der Waals surface area contributed by atoms with E-state index >= 15 is 13.2 Å². The van der Waals surface area contributed by atoms with Crippen molar-refractivity contribution in [1.29, 1.82) is 0 Å². The number of nitrogens with zero attached hydrogens (tertiary/aromatic N) is 2. The number of hydrogen-bond acceptors (Lipinski definition) is 5. The molecule has 34 heavy (non-hydrogen) atoms. The third-order valence-electron chi connectivity index (χ3n) is 5.79. The molecule has 0 spiro atoms. The average Bonchev–Trinajstić information content (AvgIpc) is 2.98. The number of aliphatic hydroxyl groups is 1. The van der Waals surface area contributed by atoms with E-state index in [-0.39, 0.29) is 11.1 Å². The molecule has 1 aliphatic rings. The lowest BCUT2D eigenvalue weighted by atomic mass is 9.95. The Morgan fingerprint density at radius 1 is 1.32 bits per heavy atom. The molecule has 0 unspecified atom stereocenters. The molecule has 1 aromatic carbocycles. The highest BCUT2D eigenvalue weighted by Gasteiger charge is 2.58. The number of aryl methyl sites for hydroxylation is 1. The topological polar surface area (TPSA) is 99.6 Å². The van der Waals surface area contributed by atoms with Gasteiger partial charge in [-0.15, -0.1) is 0 Å². The number of pyridine rings is 1. The van der Waals surface area contributed by atoms with E-state index in [4.69, 9.17) is 0 Å². The van der Waals surface area contributed by atoms with Crippen LogP contribution in [-0.2, 0) is 21.2 Å². The van der Waals surface area contributed by atoms with Gasteiger partial charge in [-0.05, 0) is 63.4 Å². The van der Waals surface area contributed by atoms with E-state index in [1.54, 1.807) is 12.1 Å². The maximum Gasteiger partial charge on any atom is 0.283 e. The summed E-state index contributed by atoms with van der Waals surface area (Å²) in [4.78, 5) is 17.7. The minimum absolute atomic E-state index is 0.0118. The molecule has 11 heteroatoms. The number of aromatic nitrogens is 1. The Morgan fingerprint density at radius 3 is 2.59 bits per heavy atom. The summed E-state index contributed by atoms with van der Waals surface area (Å²) < 4.78 is 71.9. The molecule has 0 radical (unpaired) electrons. The van der Waals surface area contributed by atoms with Gasteiger partial charge in [0.2, 0.25) is 10.0 Å². The second-order valence-electron chi connectivity index (χ2n) is 9.02. The smallest absolute Gasteiger partial charge is 0.283 e. The van der Waals surface area contributed by atoms with Crippen LogP contribution < -0.4 is 4.72 Å². The van der Waals surface area contributed by atoms with Crippen molar-refractivity contribution in [2.75, 3.05) is 12.3 Å². The third kappa shape index (κ3) is 5.42. The highest BCUT2D eigenvalue weighted by atomic mass is 32.2. The Hall–Kier alpha value is -2.50. The first-order chi connectivity index (χ1) is 15.7. The highest BCUT2D eigenvalue weighted by Crippen LogP contribution is 2.37. The molecular weight excluding hydrogens is 471 g/mol. The van der Waals surface area contributed by atoms with Crippen molar-refractivity contribution in [2.45, 2.75) is 57.7 Å². The van der Waals surface area contributed by atoms with Crippen LogP contribution in [0.25, 0.3) is 11.3 Å². The normalized spacial score (nSPS) is 20.5. The van der Waals surface area contributed by atoms with Gasteiger partial charge in [-0.25, -0.2) is 26.3 Å². The molecule has 2 heterocycles. The Morgan fingerprint density at radius 2 is 2.00 bits per heavy atom. The number of carbonyl (C=O) groups is 1. The van der Waals surface area contributed by atoms with Crippen molar-refractivity contribution in [3.63, 3.8) is 0 Å². The first-order valence-corrected chi connectivity index (χ1v) is 12.4. The van der Waals surface area contributed by atoms with Crippen LogP contribution in [0.3, 0.4) is 0 Å². The molecule has 1 saturated heterocycles. The van der Waals surface area contributed by atoms with Crippen molar-refractivity contribution < 1.29 is 31.5 Å². The molecular formula is C23H28F3N3O4S. The maximum absolute atomic E-state index is 15.5. The van der Waals surface area contributed by atoms with Crippen molar-refractivity contribution in [3.05, 3.63) is 53.5 Å². The molecule has 1 aromatic heterocycles. The molecule has 186 valence electrons. The number of nitrogens with one attached hydrogen (secondary N) is 1. The molecule has 1 aliphatic heterocycles. The zero-order valence-electron chi connectivity index (χ0n) is 19.3. The maximum atomic E-state index is 15.5. The summed E-state index contributed by atoms with van der Waals surface area (Å²) in [5, 5.41) is 10.2. The summed E-state index contributed by atoms with van der Waals surface area (Å²) in [5.74, 6) is -5.80. The van der Waals surface area contributed by atoms with Gasteiger partial charge in [-0.3, -0.25) is 9.78 Å². The number of sulfonamides is 1. The minimum Gasteiger partial charge on any atom is -0.381 e. The summed E-state index contributed by atoms with van der Waals surface area (Å²) in [6, 6.07) is 4.42. The lowest BCUT2D eigenvalue weighted by Crippen LogP contribution is -2.54. The van der Waals surface area contributed by atoms with E-state index in [1.165, 1.54) is 31.3 Å². The molecule has 0 aliphatic carbocycles. The molecule has 1 fully saturated rings. The van der Waals surface area contributed by atoms with Crippen LogP contribution >= 0.6 is 0 Å². The van der Waals surface area contributed by atoms with Crippen LogP contribution in [0, 0.1) is 12.7 Å². The SMILES string of the molecule is CCS(=O)(=O)N[C@@H]1[C@H](Cc2cccc(-c3cc(C)ccn3)c2F)N(C(=O)C(C)(C)O)CC1(F)F. The predicted octanol–water partition coefficient (Wildman–Crippen LogP) is 2.66. The highest BCUT2D eigenvalue weighted by molar-refractivity contribution is 7.89. The van der Waals surface area contributed by atoms with Crippen LogP contribution in [0.15, 0.2) is 36.5 Å². The van der Waals surface area contributed by atoms with E-state index in [1.807, 2.05) is 11.6 Å². The summed E-state index contributed by atoms with van der Waals surface area (Å²) in [7, 11) is -4.08. The van der Waals surface area contributed by atoms with Gasteiger partial charge in [-0.2, -0.15) is 0 Å². The van der Waals surface area contributed by atoms with E-state index in [0.717, 1.165) is 24.3 Å². The molecule has 2 aromatic rings. The molecule has 0 saturated carbocycles. The van der Waals surface area contributed by atoms with Gasteiger partial charge in [0.15, 0.2) is 0 Å². The predicted molar refractivity (Wildman–Crippen MR) is 121 cm³/mol. The van der Waals surface area contributed by atoms with Gasteiger partial charge in [0.05, 0.1) is 24.0 Å². The van der Waals surface area contributed by atoms with Gasteiger partial charge in [0.1, 0.15) is 17.5 Å². The van der Waals surface area contributed by atoms with Gasteiger partial charge in [0, 0.05) is 11.8 Å². The first kappa shape index (κ1) is 26.1. The van der Waals surface area contributed by atoms with Gasteiger partial charge in [0.25, 0.3) is 11.8 Å². The van der Waals surface area contributed by atoms with Gasteiger partial charge >= 0.3 is 0 Å². The van der Waals surface area contributed by atoms with Crippen LogP contribution in [0.4, 0.5) is 13.2 Å². The number of alkyl halides is 2. The summed E-state index contributed by atoms with van der Waals surface area (Å²) in [5.41, 5.74) is -0.626. The number of likely N-dealkylation sites (tertiary alicyclic amines) is 1. The second kappa shape index (κ2) is 9.27. The second-order valence-corrected chi connectivity index (χ2v) is 11.1. The molecule has 2 N–H and O–H groups in total. The Bertz CT molecular complexity index is 1180. The monoisotopic (exact) mass is 499 g/mol. The number of hydrogen-bond donors (Lipinski definition) is 2. The van der Waals surface area contributed by atoms with Crippen LogP contribution in [0.5, 0.6) is 0 Å². The average molecular weight is 500 g/mol. The summed E-state index contributed by atoms with van der Waals surface area (Å²) in [6.45, 7) is 4.30. The lowest BCUT2D eigenvalue weighted by Gasteiger charge is -2.32. The number of halogens is 3. The van der Waals surface area contributed by atoms with Crippen molar-refractivity contribution >= 4 is 15.9 Å². The van der Waals surface area contributed by atoms with Crippen molar-refractivity contribution in [2.24, 2.45) is 0 Å².